The van der Waals surface area contributed by atoms with Crippen LogP contribution in [0, 0.1) is 0 Å². The van der Waals surface area contributed by atoms with E-state index in [0.717, 1.165) is 19.3 Å². The Morgan fingerprint density at radius 3 is 2.81 bits per heavy atom. The van der Waals surface area contributed by atoms with Crippen molar-refractivity contribution in [2.45, 2.75) is 32.2 Å². The first kappa shape index (κ1) is 13.9. The molecule has 1 aromatic heterocycles. The van der Waals surface area contributed by atoms with Crippen molar-refractivity contribution in [2.24, 2.45) is 0 Å². The molecule has 108 valence electrons. The van der Waals surface area contributed by atoms with Gasteiger partial charge in [0, 0.05) is 21.5 Å². The van der Waals surface area contributed by atoms with E-state index in [1.54, 1.807) is 6.08 Å². The lowest BCUT2D eigenvalue weighted by Crippen LogP contribution is -2.32. The van der Waals surface area contributed by atoms with Gasteiger partial charge >= 0.3 is 0 Å². The van der Waals surface area contributed by atoms with Gasteiger partial charge in [0.05, 0.1) is 12.4 Å². The molecule has 0 amide bonds. The van der Waals surface area contributed by atoms with Crippen LogP contribution in [0.15, 0.2) is 48.8 Å². The molecule has 2 heteroatoms. The van der Waals surface area contributed by atoms with Crippen LogP contribution in [0.1, 0.15) is 32.2 Å². The maximum atomic E-state index is 12.2. The van der Waals surface area contributed by atoms with Gasteiger partial charge in [0.25, 0.3) is 0 Å². The number of hydrogen-bond donors (Lipinski definition) is 0. The van der Waals surface area contributed by atoms with Crippen LogP contribution in [-0.2, 0) is 0 Å². The number of halogens is 1. The van der Waals surface area contributed by atoms with E-state index in [1.165, 1.54) is 27.5 Å². The largest absolute Gasteiger partial charge is 0.334 e. The van der Waals surface area contributed by atoms with Crippen LogP contribution in [0.4, 0.5) is 4.39 Å². The first-order valence-electron chi connectivity index (χ1n) is 7.59. The highest BCUT2D eigenvalue weighted by Gasteiger charge is 2.13. The second-order valence-electron chi connectivity index (χ2n) is 5.35. The summed E-state index contributed by atoms with van der Waals surface area (Å²) < 4.78 is 14.6. The summed E-state index contributed by atoms with van der Waals surface area (Å²) in [6, 6.07) is 8.80. The number of aromatic nitrogens is 1. The van der Waals surface area contributed by atoms with Crippen molar-refractivity contribution < 1.29 is 4.39 Å². The molecule has 1 aliphatic rings. The molecule has 0 aliphatic heterocycles. The topological polar surface area (TPSA) is 4.93 Å². The van der Waals surface area contributed by atoms with Crippen LogP contribution in [0.5, 0.6) is 0 Å². The summed E-state index contributed by atoms with van der Waals surface area (Å²) >= 11 is 0. The average Bonchev–Trinajstić information content (AvgIpc) is 2.87. The van der Waals surface area contributed by atoms with E-state index in [4.69, 9.17) is 0 Å². The maximum Gasteiger partial charge on any atom is 0.0866 e. The van der Waals surface area contributed by atoms with E-state index < -0.39 is 0 Å². The van der Waals surface area contributed by atoms with E-state index in [1.807, 2.05) is 0 Å². The average molecular weight is 281 g/mol. The molecule has 1 nitrogen and oxygen atoms in total. The van der Waals surface area contributed by atoms with Gasteiger partial charge in [0.2, 0.25) is 0 Å². The van der Waals surface area contributed by atoms with E-state index in [-0.39, 0.29) is 6.04 Å². The molecule has 0 bridgehead atoms. The van der Waals surface area contributed by atoms with Gasteiger partial charge in [-0.3, -0.25) is 0 Å². The lowest BCUT2D eigenvalue weighted by Gasteiger charge is -2.16. The monoisotopic (exact) mass is 281 g/mol. The molecule has 3 rings (SSSR count). The smallest absolute Gasteiger partial charge is 0.0866 e. The van der Waals surface area contributed by atoms with Gasteiger partial charge in [-0.2, -0.15) is 0 Å². The fourth-order valence-electron chi connectivity index (χ4n) is 3.18. The number of allylic oxidation sites excluding steroid dienone is 3. The Morgan fingerprint density at radius 1 is 1.19 bits per heavy atom. The fourth-order valence-corrected chi connectivity index (χ4v) is 3.18. The Morgan fingerprint density at radius 2 is 2.00 bits per heavy atom. The van der Waals surface area contributed by atoms with Crippen LogP contribution in [0.25, 0.3) is 23.1 Å². The molecule has 1 aromatic carbocycles. The van der Waals surface area contributed by atoms with Gasteiger partial charge in [-0.05, 0) is 31.4 Å². The molecule has 1 aliphatic carbocycles. The molecule has 0 saturated heterocycles. The first-order valence-corrected chi connectivity index (χ1v) is 7.59. The summed E-state index contributed by atoms with van der Waals surface area (Å²) in [4.78, 5) is 0. The van der Waals surface area contributed by atoms with E-state index in [0.29, 0.717) is 6.33 Å². The van der Waals surface area contributed by atoms with Gasteiger partial charge in [-0.15, -0.1) is 0 Å². The zero-order chi connectivity index (χ0) is 14.7. The zero-order valence-corrected chi connectivity index (χ0v) is 12.3. The van der Waals surface area contributed by atoms with E-state index >= 15 is 0 Å². The van der Waals surface area contributed by atoms with E-state index in [9.17, 15) is 4.39 Å². The van der Waals surface area contributed by atoms with Crippen molar-refractivity contribution >= 4 is 23.1 Å². The van der Waals surface area contributed by atoms with Crippen molar-refractivity contribution in [3.8, 4) is 0 Å². The number of hydrogen-bond acceptors (Lipinski definition) is 0. The molecular weight excluding hydrogens is 261 g/mol. The van der Waals surface area contributed by atoms with Crippen molar-refractivity contribution in [3.63, 3.8) is 0 Å². The highest BCUT2D eigenvalue weighted by Crippen LogP contribution is 2.19. The molecule has 0 radical (unpaired) electrons. The van der Waals surface area contributed by atoms with Crippen LogP contribution in [0.2, 0.25) is 0 Å². The van der Waals surface area contributed by atoms with Crippen molar-refractivity contribution in [2.75, 3.05) is 0 Å². The minimum Gasteiger partial charge on any atom is -0.334 e. The quantitative estimate of drug-likeness (QED) is 0.747. The van der Waals surface area contributed by atoms with Gasteiger partial charge in [0.1, 0.15) is 0 Å². The molecule has 2 aromatic rings. The molecule has 0 saturated carbocycles. The number of fused-ring (bicyclic) bond motifs is 3. The summed E-state index contributed by atoms with van der Waals surface area (Å²) in [5.41, 5.74) is 1.26. The molecule has 1 heterocycles. The Bertz CT molecular complexity index is 808. The Hall–Kier alpha value is -2.09. The van der Waals surface area contributed by atoms with Crippen LogP contribution in [-0.4, -0.2) is 4.57 Å². The molecule has 0 spiro atoms. The standard InChI is InChI=1S/C19H20FN/c1-2-15(9-7-8-14-20)21-18-12-5-3-10-16(18)17-11-4-6-13-19(17)21/h3,5,7-15H,2,4,6H2,1H3/b9-7-,14-8+. The lowest BCUT2D eigenvalue weighted by atomic mass is 10.1. The van der Waals surface area contributed by atoms with Crippen molar-refractivity contribution in [1.29, 1.82) is 0 Å². The molecule has 1 unspecified atom stereocenters. The van der Waals surface area contributed by atoms with E-state index in [2.05, 4.69) is 54.0 Å². The predicted molar refractivity (Wildman–Crippen MR) is 88.1 cm³/mol. The van der Waals surface area contributed by atoms with Crippen LogP contribution >= 0.6 is 0 Å². The van der Waals surface area contributed by atoms with Crippen LogP contribution in [0.3, 0.4) is 0 Å². The highest BCUT2D eigenvalue weighted by atomic mass is 19.1. The number of benzene rings is 1. The third kappa shape index (κ3) is 2.46. The van der Waals surface area contributed by atoms with Gasteiger partial charge in [-0.1, -0.05) is 49.4 Å². The van der Waals surface area contributed by atoms with Crippen molar-refractivity contribution in [3.05, 3.63) is 59.4 Å². The normalized spacial score (nSPS) is 16.1. The number of nitrogens with zero attached hydrogens (tertiary/aromatic N) is 1. The second-order valence-corrected chi connectivity index (χ2v) is 5.35. The molecular formula is C19H20FN. The molecule has 0 fully saturated rings. The van der Waals surface area contributed by atoms with Crippen molar-refractivity contribution in [1.82, 2.24) is 4.57 Å². The summed E-state index contributed by atoms with van der Waals surface area (Å²) in [5.74, 6) is 0. The Labute approximate surface area is 124 Å². The Kier molecular flexibility index (Phi) is 4.05. The number of rotatable bonds is 4. The van der Waals surface area contributed by atoms with Crippen LogP contribution < -0.4 is 10.6 Å². The van der Waals surface area contributed by atoms with Gasteiger partial charge in [0.15, 0.2) is 0 Å². The molecule has 0 N–H and O–H groups in total. The van der Waals surface area contributed by atoms with Gasteiger partial charge in [-0.25, -0.2) is 4.39 Å². The van der Waals surface area contributed by atoms with Gasteiger partial charge < -0.3 is 4.57 Å². The third-order valence-electron chi connectivity index (χ3n) is 4.11. The summed E-state index contributed by atoms with van der Waals surface area (Å²) in [7, 11) is 0. The summed E-state index contributed by atoms with van der Waals surface area (Å²) in [6.07, 6.45) is 13.7. The predicted octanol–water partition coefficient (Wildman–Crippen LogP) is 3.99. The Balaban J connectivity index is 2.27. The maximum absolute atomic E-state index is 12.2. The fraction of sp³-hybridized carbons (Fsp3) is 0.263. The summed E-state index contributed by atoms with van der Waals surface area (Å²) in [6.45, 7) is 2.17. The first-order chi connectivity index (χ1) is 10.4. The lowest BCUT2D eigenvalue weighted by molar-refractivity contribution is 0.589. The SMILES string of the molecule is CCC(/C=C\C=C\F)n1c2c(c3ccccc31)=CCCC=2. The molecule has 21 heavy (non-hydrogen) atoms. The zero-order valence-electron chi connectivity index (χ0n) is 12.3. The highest BCUT2D eigenvalue weighted by molar-refractivity contribution is 5.82. The minimum atomic E-state index is 0.248. The minimum absolute atomic E-state index is 0.248. The molecule has 1 atom stereocenters. The summed E-state index contributed by atoms with van der Waals surface area (Å²) in [5, 5.41) is 3.98. The third-order valence-corrected chi connectivity index (χ3v) is 4.11. The number of para-hydroxylation sites is 1. The second kappa shape index (κ2) is 6.13.